The number of fused-ring (bicyclic) bond motifs is 1. The quantitative estimate of drug-likeness (QED) is 0.854. The maximum absolute atomic E-state index is 12.3. The molecule has 108 valence electrons. The van der Waals surface area contributed by atoms with Crippen molar-refractivity contribution in [3.63, 3.8) is 0 Å². The molecule has 21 heavy (non-hydrogen) atoms. The summed E-state index contributed by atoms with van der Waals surface area (Å²) in [5.74, 6) is 0. The fraction of sp³-hybridized carbons (Fsp3) is 0.278. The highest BCUT2D eigenvalue weighted by molar-refractivity contribution is 5.91. The number of nitrogens with one attached hydrogen (secondary N) is 2. The number of benzene rings is 2. The molecule has 0 radical (unpaired) electrons. The van der Waals surface area contributed by atoms with E-state index < -0.39 is 0 Å². The predicted molar refractivity (Wildman–Crippen MR) is 85.6 cm³/mol. The van der Waals surface area contributed by atoms with Gasteiger partial charge in [0, 0.05) is 5.69 Å². The third-order valence-electron chi connectivity index (χ3n) is 4.16. The SMILES string of the molecule is Cc1cccc(C)c1NC(=O)NC1CCc2ccccc21. The molecule has 0 heterocycles. The van der Waals surface area contributed by atoms with Crippen molar-refractivity contribution in [3.8, 4) is 0 Å². The molecule has 1 atom stereocenters. The van der Waals surface area contributed by atoms with E-state index in [4.69, 9.17) is 0 Å². The van der Waals surface area contributed by atoms with Crippen LogP contribution >= 0.6 is 0 Å². The molecule has 2 amide bonds. The molecule has 0 saturated heterocycles. The molecular weight excluding hydrogens is 260 g/mol. The molecule has 2 aromatic carbocycles. The molecule has 0 fully saturated rings. The number of anilines is 1. The van der Waals surface area contributed by atoms with E-state index in [9.17, 15) is 4.79 Å². The Kier molecular flexibility index (Phi) is 3.65. The van der Waals surface area contributed by atoms with Crippen molar-refractivity contribution in [1.82, 2.24) is 5.32 Å². The fourth-order valence-corrected chi connectivity index (χ4v) is 3.03. The Morgan fingerprint density at radius 2 is 1.76 bits per heavy atom. The summed E-state index contributed by atoms with van der Waals surface area (Å²) in [5, 5.41) is 6.07. The molecule has 1 aliphatic carbocycles. The third-order valence-corrected chi connectivity index (χ3v) is 4.16. The summed E-state index contributed by atoms with van der Waals surface area (Å²) in [6.07, 6.45) is 2.00. The minimum atomic E-state index is -0.130. The number of para-hydroxylation sites is 1. The monoisotopic (exact) mass is 280 g/mol. The largest absolute Gasteiger partial charge is 0.331 e. The molecule has 0 aromatic heterocycles. The molecule has 0 bridgehead atoms. The maximum Gasteiger partial charge on any atom is 0.319 e. The zero-order valence-electron chi connectivity index (χ0n) is 12.4. The fourth-order valence-electron chi connectivity index (χ4n) is 3.03. The van der Waals surface area contributed by atoms with Gasteiger partial charge in [0.2, 0.25) is 0 Å². The first kappa shape index (κ1) is 13.7. The van der Waals surface area contributed by atoms with E-state index in [-0.39, 0.29) is 12.1 Å². The summed E-state index contributed by atoms with van der Waals surface area (Å²) in [5.41, 5.74) is 5.65. The first-order chi connectivity index (χ1) is 10.1. The lowest BCUT2D eigenvalue weighted by molar-refractivity contribution is 0.248. The van der Waals surface area contributed by atoms with Crippen LogP contribution in [0.2, 0.25) is 0 Å². The average Bonchev–Trinajstić information content (AvgIpc) is 2.87. The molecule has 0 aliphatic heterocycles. The Labute approximate surface area is 125 Å². The molecule has 3 nitrogen and oxygen atoms in total. The third kappa shape index (κ3) is 2.77. The van der Waals surface area contributed by atoms with Crippen LogP contribution in [0.5, 0.6) is 0 Å². The Balaban J connectivity index is 1.71. The van der Waals surface area contributed by atoms with Crippen LogP contribution in [0.25, 0.3) is 0 Å². The standard InChI is InChI=1S/C18H20N2O/c1-12-6-5-7-13(2)17(12)20-18(21)19-16-11-10-14-8-3-4-9-15(14)16/h3-9,16H,10-11H2,1-2H3,(H2,19,20,21). The lowest BCUT2D eigenvalue weighted by Crippen LogP contribution is -2.32. The molecule has 2 N–H and O–H groups in total. The smallest absolute Gasteiger partial charge is 0.319 e. The highest BCUT2D eigenvalue weighted by Crippen LogP contribution is 2.30. The number of carbonyl (C=O) groups excluding carboxylic acids is 1. The topological polar surface area (TPSA) is 41.1 Å². The summed E-state index contributed by atoms with van der Waals surface area (Å²) in [7, 11) is 0. The van der Waals surface area contributed by atoms with Gasteiger partial charge in [-0.1, -0.05) is 42.5 Å². The van der Waals surface area contributed by atoms with Crippen molar-refractivity contribution in [2.75, 3.05) is 5.32 Å². The summed E-state index contributed by atoms with van der Waals surface area (Å²) < 4.78 is 0. The number of hydrogen-bond acceptors (Lipinski definition) is 1. The second kappa shape index (κ2) is 5.60. The number of urea groups is 1. The van der Waals surface area contributed by atoms with Gasteiger partial charge in [-0.2, -0.15) is 0 Å². The number of rotatable bonds is 2. The molecule has 2 aromatic rings. The van der Waals surface area contributed by atoms with Crippen LogP contribution in [-0.4, -0.2) is 6.03 Å². The van der Waals surface area contributed by atoms with Crippen molar-refractivity contribution in [2.24, 2.45) is 0 Å². The second-order valence-electron chi connectivity index (χ2n) is 5.66. The van der Waals surface area contributed by atoms with Gasteiger partial charge in [-0.3, -0.25) is 0 Å². The Morgan fingerprint density at radius 1 is 1.05 bits per heavy atom. The molecule has 1 unspecified atom stereocenters. The molecule has 3 heteroatoms. The van der Waals surface area contributed by atoms with E-state index in [0.29, 0.717) is 0 Å². The summed E-state index contributed by atoms with van der Waals surface area (Å²) >= 11 is 0. The first-order valence-corrected chi connectivity index (χ1v) is 7.36. The van der Waals surface area contributed by atoms with E-state index in [1.165, 1.54) is 11.1 Å². The highest BCUT2D eigenvalue weighted by Gasteiger charge is 2.23. The van der Waals surface area contributed by atoms with Crippen molar-refractivity contribution in [3.05, 3.63) is 64.7 Å². The zero-order valence-corrected chi connectivity index (χ0v) is 12.4. The van der Waals surface area contributed by atoms with E-state index in [1.54, 1.807) is 0 Å². The van der Waals surface area contributed by atoms with E-state index in [0.717, 1.165) is 29.7 Å². The van der Waals surface area contributed by atoms with Crippen LogP contribution in [-0.2, 0) is 6.42 Å². The van der Waals surface area contributed by atoms with E-state index >= 15 is 0 Å². The number of carbonyl (C=O) groups is 1. The minimum Gasteiger partial charge on any atom is -0.331 e. The summed E-state index contributed by atoms with van der Waals surface area (Å²) in [6, 6.07) is 14.3. The van der Waals surface area contributed by atoms with E-state index in [1.807, 2.05) is 38.1 Å². The van der Waals surface area contributed by atoms with Crippen molar-refractivity contribution in [2.45, 2.75) is 32.7 Å². The minimum absolute atomic E-state index is 0.116. The molecule has 0 spiro atoms. The van der Waals surface area contributed by atoms with Crippen LogP contribution in [0.3, 0.4) is 0 Å². The lowest BCUT2D eigenvalue weighted by atomic mass is 10.1. The number of hydrogen-bond donors (Lipinski definition) is 2. The van der Waals surface area contributed by atoms with Crippen LogP contribution in [0.1, 0.15) is 34.7 Å². The number of amides is 2. The van der Waals surface area contributed by atoms with Gasteiger partial charge in [0.25, 0.3) is 0 Å². The van der Waals surface area contributed by atoms with Gasteiger partial charge in [0.15, 0.2) is 0 Å². The van der Waals surface area contributed by atoms with Gasteiger partial charge in [0.1, 0.15) is 0 Å². The Morgan fingerprint density at radius 3 is 2.52 bits per heavy atom. The van der Waals surface area contributed by atoms with Gasteiger partial charge in [-0.05, 0) is 48.9 Å². The highest BCUT2D eigenvalue weighted by atomic mass is 16.2. The Hall–Kier alpha value is -2.29. The van der Waals surface area contributed by atoms with Crippen LogP contribution < -0.4 is 10.6 Å². The molecule has 3 rings (SSSR count). The van der Waals surface area contributed by atoms with Crippen molar-refractivity contribution < 1.29 is 4.79 Å². The van der Waals surface area contributed by atoms with E-state index in [2.05, 4.69) is 28.8 Å². The molecule has 1 aliphatic rings. The van der Waals surface area contributed by atoms with Gasteiger partial charge in [0.05, 0.1) is 6.04 Å². The van der Waals surface area contributed by atoms with Gasteiger partial charge in [-0.15, -0.1) is 0 Å². The molecular formula is C18H20N2O. The van der Waals surface area contributed by atoms with Gasteiger partial charge in [-0.25, -0.2) is 4.79 Å². The number of aryl methyl sites for hydroxylation is 3. The summed E-state index contributed by atoms with van der Waals surface area (Å²) in [4.78, 5) is 12.3. The van der Waals surface area contributed by atoms with Crippen molar-refractivity contribution in [1.29, 1.82) is 0 Å². The Bertz CT molecular complexity index is 658. The normalized spacial score (nSPS) is 16.4. The maximum atomic E-state index is 12.3. The zero-order chi connectivity index (χ0) is 14.8. The lowest BCUT2D eigenvalue weighted by Gasteiger charge is -2.17. The summed E-state index contributed by atoms with van der Waals surface area (Å²) in [6.45, 7) is 4.01. The average molecular weight is 280 g/mol. The first-order valence-electron chi connectivity index (χ1n) is 7.36. The van der Waals surface area contributed by atoms with Gasteiger partial charge >= 0.3 is 6.03 Å². The van der Waals surface area contributed by atoms with Crippen molar-refractivity contribution >= 4 is 11.7 Å². The predicted octanol–water partition coefficient (Wildman–Crippen LogP) is 4.11. The van der Waals surface area contributed by atoms with Crippen LogP contribution in [0, 0.1) is 13.8 Å². The second-order valence-corrected chi connectivity index (χ2v) is 5.66. The van der Waals surface area contributed by atoms with Gasteiger partial charge < -0.3 is 10.6 Å². The van der Waals surface area contributed by atoms with Crippen LogP contribution in [0.15, 0.2) is 42.5 Å². The van der Waals surface area contributed by atoms with Crippen LogP contribution in [0.4, 0.5) is 10.5 Å². The molecule has 0 saturated carbocycles.